The van der Waals surface area contributed by atoms with E-state index in [0.717, 1.165) is 23.4 Å². The first kappa shape index (κ1) is 21.9. The number of nitrogens with one attached hydrogen (secondary N) is 2. The van der Waals surface area contributed by atoms with Crippen molar-refractivity contribution in [2.45, 2.75) is 12.0 Å². The molecule has 0 aliphatic carbocycles. The van der Waals surface area contributed by atoms with Gasteiger partial charge in [-0.05, 0) is 23.3 Å². The molecule has 3 atom stereocenters. The van der Waals surface area contributed by atoms with Gasteiger partial charge >= 0.3 is 0 Å². The van der Waals surface area contributed by atoms with E-state index in [4.69, 9.17) is 4.74 Å². The van der Waals surface area contributed by atoms with Crippen LogP contribution in [0.25, 0.3) is 0 Å². The number of amides is 1. The van der Waals surface area contributed by atoms with E-state index in [1.165, 1.54) is 0 Å². The predicted molar refractivity (Wildman–Crippen MR) is 119 cm³/mol. The third-order valence-electron chi connectivity index (χ3n) is 5.38. The zero-order valence-electron chi connectivity index (χ0n) is 16.9. The summed E-state index contributed by atoms with van der Waals surface area (Å²) in [6, 6.07) is 19.4. The molecule has 1 aromatic heterocycles. The lowest BCUT2D eigenvalue weighted by molar-refractivity contribution is -0.125. The Bertz CT molecular complexity index is 933. The summed E-state index contributed by atoms with van der Waals surface area (Å²) in [4.78, 5) is 13.2. The standard InChI is InChI=1S/C23H26N4O2.ClH/c1-27-15-18(12-25-27)20-13-24-14-21(20)23(28)26-22(17-8-4-2-5-9-17)16-29-19-10-6-3-7-11-19;/h2-12,15,20-22,24H,13-14,16H2,1H3,(H,26,28);1H/t20-,21+,22?;/m1./s1. The number of hydrogen-bond donors (Lipinski definition) is 2. The normalized spacial score (nSPS) is 19.0. The Balaban J connectivity index is 0.00000256. The summed E-state index contributed by atoms with van der Waals surface area (Å²) in [6.45, 7) is 1.81. The van der Waals surface area contributed by atoms with Gasteiger partial charge in [0, 0.05) is 32.3 Å². The minimum Gasteiger partial charge on any atom is -0.491 e. The molecule has 1 aliphatic rings. The lowest BCUT2D eigenvalue weighted by atomic mass is 9.90. The van der Waals surface area contributed by atoms with Crippen LogP contribution < -0.4 is 15.4 Å². The quantitative estimate of drug-likeness (QED) is 0.609. The Morgan fingerprint density at radius 3 is 2.53 bits per heavy atom. The van der Waals surface area contributed by atoms with E-state index in [9.17, 15) is 4.79 Å². The molecule has 0 bridgehead atoms. The molecule has 1 amide bonds. The SMILES string of the molecule is Cl.Cn1cc([C@H]2CNC[C@@H]2C(=O)NC(COc2ccccc2)c2ccccc2)cn1. The van der Waals surface area contributed by atoms with E-state index in [0.29, 0.717) is 13.2 Å². The number of benzene rings is 2. The fraction of sp³-hybridized carbons (Fsp3) is 0.304. The van der Waals surface area contributed by atoms with Crippen molar-refractivity contribution in [2.75, 3.05) is 19.7 Å². The van der Waals surface area contributed by atoms with E-state index >= 15 is 0 Å². The first-order chi connectivity index (χ1) is 14.2. The molecule has 2 aromatic carbocycles. The second-order valence-corrected chi connectivity index (χ2v) is 7.41. The van der Waals surface area contributed by atoms with Gasteiger partial charge in [-0.25, -0.2) is 0 Å². The lowest BCUT2D eigenvalue weighted by Gasteiger charge is -2.23. The van der Waals surface area contributed by atoms with Crippen molar-refractivity contribution < 1.29 is 9.53 Å². The van der Waals surface area contributed by atoms with Gasteiger partial charge in [-0.15, -0.1) is 12.4 Å². The van der Waals surface area contributed by atoms with Crippen LogP contribution in [0.4, 0.5) is 0 Å². The van der Waals surface area contributed by atoms with Crippen LogP contribution in [-0.4, -0.2) is 35.4 Å². The highest BCUT2D eigenvalue weighted by molar-refractivity contribution is 5.85. The second kappa shape index (κ2) is 10.3. The monoisotopic (exact) mass is 426 g/mol. The topological polar surface area (TPSA) is 68.2 Å². The smallest absolute Gasteiger partial charge is 0.225 e. The summed E-state index contributed by atoms with van der Waals surface area (Å²) in [7, 11) is 1.90. The Morgan fingerprint density at radius 1 is 1.17 bits per heavy atom. The third kappa shape index (κ3) is 5.20. The van der Waals surface area contributed by atoms with Gasteiger partial charge in [0.2, 0.25) is 5.91 Å². The van der Waals surface area contributed by atoms with Crippen molar-refractivity contribution in [2.24, 2.45) is 13.0 Å². The van der Waals surface area contributed by atoms with Crippen molar-refractivity contribution in [3.05, 3.63) is 84.2 Å². The Morgan fingerprint density at radius 2 is 1.87 bits per heavy atom. The molecular weight excluding hydrogens is 400 g/mol. The summed E-state index contributed by atoms with van der Waals surface area (Å²) in [5, 5.41) is 10.8. The Labute approximate surface area is 183 Å². The minimum absolute atomic E-state index is 0. The van der Waals surface area contributed by atoms with Crippen molar-refractivity contribution in [1.29, 1.82) is 0 Å². The number of carbonyl (C=O) groups excluding carboxylic acids is 1. The fourth-order valence-corrected chi connectivity index (χ4v) is 3.82. The number of carbonyl (C=O) groups is 1. The van der Waals surface area contributed by atoms with Gasteiger partial charge in [0.1, 0.15) is 12.4 Å². The zero-order chi connectivity index (χ0) is 20.1. The summed E-state index contributed by atoms with van der Waals surface area (Å²) in [5.74, 6) is 0.810. The predicted octanol–water partition coefficient (Wildman–Crippen LogP) is 3.08. The highest BCUT2D eigenvalue weighted by atomic mass is 35.5. The summed E-state index contributed by atoms with van der Waals surface area (Å²) in [5.41, 5.74) is 2.12. The van der Waals surface area contributed by atoms with Gasteiger partial charge < -0.3 is 15.4 Å². The Hall–Kier alpha value is -2.83. The van der Waals surface area contributed by atoms with Crippen LogP contribution in [0.5, 0.6) is 5.75 Å². The lowest BCUT2D eigenvalue weighted by Crippen LogP contribution is -2.39. The van der Waals surface area contributed by atoms with Crippen molar-refractivity contribution >= 4 is 18.3 Å². The first-order valence-corrected chi connectivity index (χ1v) is 9.93. The molecule has 2 N–H and O–H groups in total. The molecule has 1 aliphatic heterocycles. The van der Waals surface area contributed by atoms with Crippen LogP contribution in [0, 0.1) is 5.92 Å². The molecule has 2 heterocycles. The van der Waals surface area contributed by atoms with Crippen molar-refractivity contribution in [3.63, 3.8) is 0 Å². The molecule has 4 rings (SSSR count). The molecule has 6 nitrogen and oxygen atoms in total. The number of ether oxygens (including phenoxy) is 1. The van der Waals surface area contributed by atoms with Crippen LogP contribution in [0.3, 0.4) is 0 Å². The number of rotatable bonds is 7. The average Bonchev–Trinajstić information content (AvgIpc) is 3.41. The summed E-state index contributed by atoms with van der Waals surface area (Å²) >= 11 is 0. The van der Waals surface area contributed by atoms with E-state index in [-0.39, 0.29) is 36.2 Å². The molecule has 158 valence electrons. The van der Waals surface area contributed by atoms with Crippen molar-refractivity contribution in [1.82, 2.24) is 20.4 Å². The highest BCUT2D eigenvalue weighted by Gasteiger charge is 2.35. The maximum absolute atomic E-state index is 13.2. The van der Waals surface area contributed by atoms with Gasteiger partial charge in [-0.2, -0.15) is 5.10 Å². The number of aromatic nitrogens is 2. The molecule has 30 heavy (non-hydrogen) atoms. The largest absolute Gasteiger partial charge is 0.491 e. The Kier molecular flexibility index (Phi) is 7.49. The van der Waals surface area contributed by atoms with Gasteiger partial charge in [0.05, 0.1) is 18.2 Å². The van der Waals surface area contributed by atoms with E-state index in [1.54, 1.807) is 4.68 Å². The molecule has 3 aromatic rings. The van der Waals surface area contributed by atoms with Crippen LogP contribution in [0.2, 0.25) is 0 Å². The molecule has 1 fully saturated rings. The van der Waals surface area contributed by atoms with Crippen LogP contribution in [-0.2, 0) is 11.8 Å². The van der Waals surface area contributed by atoms with Crippen molar-refractivity contribution in [3.8, 4) is 5.75 Å². The number of nitrogens with zero attached hydrogens (tertiary/aromatic N) is 2. The van der Waals surface area contributed by atoms with E-state index in [1.807, 2.05) is 80.1 Å². The molecule has 0 spiro atoms. The number of para-hydroxylation sites is 1. The molecule has 0 radical (unpaired) electrons. The molecule has 7 heteroatoms. The molecular formula is C23H27ClN4O2. The molecule has 0 saturated carbocycles. The zero-order valence-corrected chi connectivity index (χ0v) is 17.7. The van der Waals surface area contributed by atoms with Crippen LogP contribution >= 0.6 is 12.4 Å². The second-order valence-electron chi connectivity index (χ2n) is 7.41. The summed E-state index contributed by atoms with van der Waals surface area (Å²) < 4.78 is 7.74. The third-order valence-corrected chi connectivity index (χ3v) is 5.38. The number of aryl methyl sites for hydroxylation is 1. The van der Waals surface area contributed by atoms with Crippen LogP contribution in [0.15, 0.2) is 73.1 Å². The first-order valence-electron chi connectivity index (χ1n) is 9.93. The average molecular weight is 427 g/mol. The maximum atomic E-state index is 13.2. The van der Waals surface area contributed by atoms with Gasteiger partial charge in [-0.1, -0.05) is 48.5 Å². The van der Waals surface area contributed by atoms with Gasteiger partial charge in [-0.3, -0.25) is 9.48 Å². The number of halogens is 1. The van der Waals surface area contributed by atoms with Gasteiger partial charge in [0.15, 0.2) is 0 Å². The van der Waals surface area contributed by atoms with Crippen LogP contribution in [0.1, 0.15) is 23.1 Å². The molecule has 1 saturated heterocycles. The number of hydrogen-bond acceptors (Lipinski definition) is 4. The minimum atomic E-state index is -0.223. The maximum Gasteiger partial charge on any atom is 0.225 e. The van der Waals surface area contributed by atoms with E-state index in [2.05, 4.69) is 15.7 Å². The van der Waals surface area contributed by atoms with Gasteiger partial charge in [0.25, 0.3) is 0 Å². The highest BCUT2D eigenvalue weighted by Crippen LogP contribution is 2.29. The fourth-order valence-electron chi connectivity index (χ4n) is 3.82. The van der Waals surface area contributed by atoms with E-state index < -0.39 is 0 Å². The molecule has 1 unspecified atom stereocenters. The summed E-state index contributed by atoms with van der Waals surface area (Å²) in [6.07, 6.45) is 3.84.